The van der Waals surface area contributed by atoms with E-state index in [0.717, 1.165) is 6.08 Å². The predicted octanol–water partition coefficient (Wildman–Crippen LogP) is 2.80. The highest BCUT2D eigenvalue weighted by atomic mass is 16.6. The van der Waals surface area contributed by atoms with Crippen LogP contribution >= 0.6 is 0 Å². The third kappa shape index (κ3) is 7.69. The molecule has 1 aromatic carbocycles. The number of carboxylic acids is 1. The molecule has 8 heteroatoms. The van der Waals surface area contributed by atoms with Crippen LogP contribution in [0.15, 0.2) is 30.9 Å². The van der Waals surface area contributed by atoms with Gasteiger partial charge in [0, 0.05) is 6.54 Å². The number of hydrogen-bond donors (Lipinski definition) is 3. The number of hydrogen-bond acceptors (Lipinski definition) is 5. The summed E-state index contributed by atoms with van der Waals surface area (Å²) in [6, 6.07) is 4.12. The number of benzene rings is 1. The predicted molar refractivity (Wildman–Crippen MR) is 96.6 cm³/mol. The zero-order valence-corrected chi connectivity index (χ0v) is 15.1. The molecule has 3 N–H and O–H groups in total. The monoisotopic (exact) mass is 364 g/mol. The molecule has 0 bridgehead atoms. The molecule has 0 unspecified atom stereocenters. The van der Waals surface area contributed by atoms with E-state index in [1.165, 1.54) is 18.2 Å². The van der Waals surface area contributed by atoms with Crippen LogP contribution in [0.25, 0.3) is 0 Å². The SMILES string of the molecule is C=CC(=O)Nc1ccc(C(=O)O)cc1OCCCNC(=O)OC(C)(C)C. The minimum absolute atomic E-state index is 0.0310. The normalized spacial score (nSPS) is 10.6. The first-order valence-electron chi connectivity index (χ1n) is 8.03. The van der Waals surface area contributed by atoms with Crippen molar-refractivity contribution in [2.45, 2.75) is 32.8 Å². The maximum atomic E-state index is 11.5. The Labute approximate surface area is 152 Å². The van der Waals surface area contributed by atoms with Crippen LogP contribution in [0.3, 0.4) is 0 Å². The minimum Gasteiger partial charge on any atom is -0.491 e. The molecule has 0 radical (unpaired) electrons. The standard InChI is InChI=1S/C18H24N2O6/c1-5-15(21)20-13-8-7-12(16(22)23)11-14(13)25-10-6-9-19-17(24)26-18(2,3)4/h5,7-8,11H,1,6,9-10H2,2-4H3,(H,19,24)(H,20,21)(H,22,23). The molecule has 0 aliphatic carbocycles. The van der Waals surface area contributed by atoms with Gasteiger partial charge in [-0.3, -0.25) is 4.79 Å². The topological polar surface area (TPSA) is 114 Å². The van der Waals surface area contributed by atoms with Gasteiger partial charge in [0.15, 0.2) is 0 Å². The lowest BCUT2D eigenvalue weighted by Crippen LogP contribution is -2.33. The van der Waals surface area contributed by atoms with Gasteiger partial charge in [-0.25, -0.2) is 9.59 Å². The third-order valence-corrected chi connectivity index (χ3v) is 2.92. The van der Waals surface area contributed by atoms with Crippen molar-refractivity contribution in [3.05, 3.63) is 36.4 Å². The summed E-state index contributed by atoms with van der Waals surface area (Å²) in [4.78, 5) is 34.1. The van der Waals surface area contributed by atoms with E-state index in [1.54, 1.807) is 20.8 Å². The van der Waals surface area contributed by atoms with E-state index in [9.17, 15) is 14.4 Å². The number of carbonyl (C=O) groups excluding carboxylic acids is 2. The summed E-state index contributed by atoms with van der Waals surface area (Å²) in [6.45, 7) is 9.19. The average molecular weight is 364 g/mol. The van der Waals surface area contributed by atoms with Gasteiger partial charge in [0.25, 0.3) is 0 Å². The van der Waals surface area contributed by atoms with E-state index in [2.05, 4.69) is 17.2 Å². The Kier molecular flexibility index (Phi) is 7.64. The molecule has 142 valence electrons. The fourth-order valence-electron chi connectivity index (χ4n) is 1.82. The molecule has 0 fully saturated rings. The van der Waals surface area contributed by atoms with Crippen molar-refractivity contribution in [1.29, 1.82) is 0 Å². The van der Waals surface area contributed by atoms with Crippen molar-refractivity contribution < 1.29 is 29.0 Å². The molecule has 0 saturated heterocycles. The number of carboxylic acid groups (broad SMARTS) is 1. The highest BCUT2D eigenvalue weighted by molar-refractivity contribution is 6.00. The van der Waals surface area contributed by atoms with E-state index in [4.69, 9.17) is 14.6 Å². The molecular formula is C18H24N2O6. The van der Waals surface area contributed by atoms with Gasteiger partial charge in [0.1, 0.15) is 11.4 Å². The van der Waals surface area contributed by atoms with Crippen molar-refractivity contribution in [1.82, 2.24) is 5.32 Å². The summed E-state index contributed by atoms with van der Waals surface area (Å²) < 4.78 is 10.7. The van der Waals surface area contributed by atoms with Crippen LogP contribution in [0.2, 0.25) is 0 Å². The number of carbonyl (C=O) groups is 3. The van der Waals surface area contributed by atoms with Crippen LogP contribution in [0.1, 0.15) is 37.6 Å². The highest BCUT2D eigenvalue weighted by Crippen LogP contribution is 2.26. The Morgan fingerprint density at radius 1 is 1.27 bits per heavy atom. The number of alkyl carbamates (subject to hydrolysis) is 1. The first-order chi connectivity index (χ1) is 12.1. The van der Waals surface area contributed by atoms with Crippen molar-refractivity contribution in [3.8, 4) is 5.75 Å². The Morgan fingerprint density at radius 3 is 2.54 bits per heavy atom. The van der Waals surface area contributed by atoms with Gasteiger partial charge in [-0.15, -0.1) is 0 Å². The fourth-order valence-corrected chi connectivity index (χ4v) is 1.82. The maximum absolute atomic E-state index is 11.5. The van der Waals surface area contributed by atoms with Gasteiger partial charge in [0.2, 0.25) is 5.91 Å². The summed E-state index contributed by atoms with van der Waals surface area (Å²) in [5.41, 5.74) is -0.209. The smallest absolute Gasteiger partial charge is 0.407 e. The summed E-state index contributed by atoms with van der Waals surface area (Å²) in [6.07, 6.45) is 1.04. The first kappa shape index (κ1) is 21.0. The Hall–Kier alpha value is -3.03. The van der Waals surface area contributed by atoms with Gasteiger partial charge in [-0.1, -0.05) is 6.58 Å². The number of nitrogens with one attached hydrogen (secondary N) is 2. The van der Waals surface area contributed by atoms with Gasteiger partial charge in [-0.2, -0.15) is 0 Å². The summed E-state index contributed by atoms with van der Waals surface area (Å²) in [7, 11) is 0. The molecule has 8 nitrogen and oxygen atoms in total. The molecule has 1 aromatic rings. The van der Waals surface area contributed by atoms with E-state index in [0.29, 0.717) is 18.7 Å². The van der Waals surface area contributed by atoms with E-state index in [1.807, 2.05) is 0 Å². The zero-order chi connectivity index (χ0) is 19.7. The van der Waals surface area contributed by atoms with Crippen LogP contribution in [0, 0.1) is 0 Å². The fraction of sp³-hybridized carbons (Fsp3) is 0.389. The number of aromatic carboxylic acids is 1. The molecule has 2 amide bonds. The van der Waals surface area contributed by atoms with Gasteiger partial charge in [-0.05, 0) is 51.5 Å². The Bertz CT molecular complexity index is 679. The van der Waals surface area contributed by atoms with Gasteiger partial charge >= 0.3 is 12.1 Å². The molecule has 1 rings (SSSR count). The molecule has 0 aliphatic heterocycles. The van der Waals surface area contributed by atoms with E-state index < -0.39 is 23.6 Å². The summed E-state index contributed by atoms with van der Waals surface area (Å²) in [5, 5.41) is 14.2. The van der Waals surface area contributed by atoms with Crippen LogP contribution in [0.5, 0.6) is 5.75 Å². The second-order valence-electron chi connectivity index (χ2n) is 6.34. The number of rotatable bonds is 8. The van der Waals surface area contributed by atoms with Crippen molar-refractivity contribution in [2.24, 2.45) is 0 Å². The Balaban J connectivity index is 2.60. The quantitative estimate of drug-likeness (QED) is 0.483. The van der Waals surface area contributed by atoms with E-state index in [-0.39, 0.29) is 17.9 Å². The lowest BCUT2D eigenvalue weighted by molar-refractivity contribution is -0.111. The molecule has 0 spiro atoms. The molecule has 0 aromatic heterocycles. The van der Waals surface area contributed by atoms with Crippen molar-refractivity contribution in [2.75, 3.05) is 18.5 Å². The average Bonchev–Trinajstić information content (AvgIpc) is 2.53. The largest absolute Gasteiger partial charge is 0.491 e. The molecule has 0 saturated carbocycles. The summed E-state index contributed by atoms with van der Waals surface area (Å²) >= 11 is 0. The first-order valence-corrected chi connectivity index (χ1v) is 8.03. The second-order valence-corrected chi connectivity index (χ2v) is 6.34. The maximum Gasteiger partial charge on any atom is 0.407 e. The van der Waals surface area contributed by atoms with Crippen LogP contribution in [0.4, 0.5) is 10.5 Å². The lowest BCUT2D eigenvalue weighted by Gasteiger charge is -2.19. The van der Waals surface area contributed by atoms with E-state index >= 15 is 0 Å². The van der Waals surface area contributed by atoms with Crippen LogP contribution < -0.4 is 15.4 Å². The summed E-state index contributed by atoms with van der Waals surface area (Å²) in [5.74, 6) is -1.33. The van der Waals surface area contributed by atoms with Gasteiger partial charge < -0.3 is 25.2 Å². The Morgan fingerprint density at radius 2 is 1.96 bits per heavy atom. The molecule has 26 heavy (non-hydrogen) atoms. The second kappa shape index (κ2) is 9.45. The molecule has 0 aliphatic rings. The number of ether oxygens (including phenoxy) is 2. The zero-order valence-electron chi connectivity index (χ0n) is 15.1. The third-order valence-electron chi connectivity index (χ3n) is 2.92. The van der Waals surface area contributed by atoms with Crippen molar-refractivity contribution >= 4 is 23.7 Å². The minimum atomic E-state index is -1.11. The van der Waals surface area contributed by atoms with Gasteiger partial charge in [0.05, 0.1) is 17.9 Å². The number of anilines is 1. The lowest BCUT2D eigenvalue weighted by atomic mass is 10.2. The van der Waals surface area contributed by atoms with Crippen LogP contribution in [-0.2, 0) is 9.53 Å². The molecule has 0 heterocycles. The highest BCUT2D eigenvalue weighted by Gasteiger charge is 2.15. The number of amides is 2. The van der Waals surface area contributed by atoms with Crippen molar-refractivity contribution in [3.63, 3.8) is 0 Å². The molecular weight excluding hydrogens is 340 g/mol. The molecule has 0 atom stereocenters. The van der Waals surface area contributed by atoms with Crippen LogP contribution in [-0.4, -0.2) is 41.8 Å².